The summed E-state index contributed by atoms with van der Waals surface area (Å²) in [4.78, 5) is 73.8. The van der Waals surface area contributed by atoms with Crippen molar-refractivity contribution in [2.75, 3.05) is 27.3 Å². The normalized spacial score (nSPS) is 23.6. The molecule has 4 aromatic rings. The maximum Gasteiger partial charge on any atom is 0.407 e. The molecule has 7 atom stereocenters. The lowest BCUT2D eigenvalue weighted by atomic mass is 9.83. The monoisotopic (exact) mass is 885 g/mol. The molecule has 65 heavy (non-hydrogen) atoms. The zero-order chi connectivity index (χ0) is 45.5. The van der Waals surface area contributed by atoms with E-state index >= 15 is 0 Å². The van der Waals surface area contributed by atoms with Crippen LogP contribution in [0.1, 0.15) is 102 Å². The Balaban J connectivity index is 0.963. The van der Waals surface area contributed by atoms with Crippen LogP contribution in [0.25, 0.3) is 27.7 Å². The van der Waals surface area contributed by atoms with Gasteiger partial charge >= 0.3 is 12.2 Å². The fourth-order valence-electron chi connectivity index (χ4n) is 10.3. The Morgan fingerprint density at radius 1 is 0.846 bits per heavy atom. The summed E-state index contributed by atoms with van der Waals surface area (Å²) < 4.78 is 19.0. The highest BCUT2D eigenvalue weighted by atomic mass is 16.5. The van der Waals surface area contributed by atoms with Gasteiger partial charge in [-0.05, 0) is 68.6 Å². The van der Waals surface area contributed by atoms with E-state index in [9.17, 15) is 19.2 Å². The number of ether oxygens (including phenoxy) is 3. The third kappa shape index (κ3) is 8.38. The lowest BCUT2D eigenvalue weighted by Gasteiger charge is -2.36. The van der Waals surface area contributed by atoms with Crippen LogP contribution in [-0.2, 0) is 23.8 Å². The van der Waals surface area contributed by atoms with Crippen molar-refractivity contribution in [3.05, 3.63) is 83.6 Å². The molecule has 2 fully saturated rings. The molecule has 2 saturated heterocycles. The number of amides is 4. The predicted octanol–water partition coefficient (Wildman–Crippen LogP) is 7.39. The van der Waals surface area contributed by atoms with Crippen LogP contribution >= 0.6 is 0 Å². The molecule has 16 nitrogen and oxygen atoms in total. The molecule has 3 N–H and O–H groups in total. The van der Waals surface area contributed by atoms with E-state index in [1.807, 2.05) is 68.1 Å². The molecule has 0 spiro atoms. The number of benzene rings is 2. The number of methoxy groups -OCH3 is 2. The van der Waals surface area contributed by atoms with Gasteiger partial charge in [0, 0.05) is 53.7 Å². The van der Waals surface area contributed by atoms with Crippen molar-refractivity contribution in [2.24, 2.45) is 27.7 Å². The summed E-state index contributed by atoms with van der Waals surface area (Å²) >= 11 is 0. The Labute approximate surface area is 378 Å². The number of allylic oxidation sites excluding steroid dienone is 2. The number of H-pyrrole nitrogens is 1. The standard InChI is InChI=1S/C49H59N9O7/c1-27(2)41(54-48(61)63-5)45(59)56-20-10-14-37(56)43-50-25-34(52-43)30-17-19-36-32(22-30)23-39-33-18-16-31(24-40(33)65-47(58(36)39)29-12-8-7-9-13-29)35-26-51-44(53-35)38-15-11-21-57(38)46(60)42(28(3)4)55-49(62)64-6/h7-9,12-13,17,19,22-23,25-28,31,37-38,41-42,44,47H,10-11,14-16,18,20-21,24H2,1-6H3,(H,50,52)(H,54,61)(H,55,62). The Morgan fingerprint density at radius 3 is 2.25 bits per heavy atom. The van der Waals surface area contributed by atoms with Crippen LogP contribution in [0.3, 0.4) is 0 Å². The number of fused-ring (bicyclic) bond motifs is 4. The first-order valence-corrected chi connectivity index (χ1v) is 23.0. The average molecular weight is 886 g/mol. The number of carbonyl (C=O) groups is 4. The van der Waals surface area contributed by atoms with E-state index in [0.29, 0.717) is 19.5 Å². The Hall–Kier alpha value is -6.45. The number of nitrogens with zero attached hydrogens (tertiary/aromatic N) is 6. The van der Waals surface area contributed by atoms with Gasteiger partial charge in [-0.25, -0.2) is 14.6 Å². The molecule has 2 aromatic heterocycles. The van der Waals surface area contributed by atoms with Crippen molar-refractivity contribution in [3.8, 4) is 11.3 Å². The van der Waals surface area contributed by atoms with Crippen molar-refractivity contribution in [3.63, 3.8) is 0 Å². The third-order valence-electron chi connectivity index (χ3n) is 13.8. The number of aliphatic imine (C=N–C) groups is 2. The number of hydrogen-bond acceptors (Lipinski definition) is 10. The fraction of sp³-hybridized carbons (Fsp3) is 0.490. The van der Waals surface area contributed by atoms with Crippen molar-refractivity contribution < 1.29 is 33.4 Å². The molecule has 0 saturated carbocycles. The number of aromatic nitrogens is 3. The van der Waals surface area contributed by atoms with E-state index in [1.54, 1.807) is 0 Å². The van der Waals surface area contributed by atoms with Gasteiger partial charge in [0.15, 0.2) is 6.17 Å². The molecule has 0 radical (unpaired) electrons. The lowest BCUT2D eigenvalue weighted by molar-refractivity contribution is -0.136. The number of imidazole rings is 1. The molecule has 6 heterocycles. The summed E-state index contributed by atoms with van der Waals surface area (Å²) in [6.07, 6.45) is 7.33. The van der Waals surface area contributed by atoms with Crippen LogP contribution in [0, 0.1) is 17.8 Å². The van der Waals surface area contributed by atoms with Gasteiger partial charge in [0.05, 0.1) is 55.1 Å². The lowest BCUT2D eigenvalue weighted by Crippen LogP contribution is -2.54. The van der Waals surface area contributed by atoms with Crippen molar-refractivity contribution in [1.82, 2.24) is 35.0 Å². The van der Waals surface area contributed by atoms with Gasteiger partial charge in [-0.2, -0.15) is 0 Å². The molecular formula is C49H59N9O7. The summed E-state index contributed by atoms with van der Waals surface area (Å²) in [6, 6.07) is 17.2. The van der Waals surface area contributed by atoms with Gasteiger partial charge in [0.25, 0.3) is 0 Å². The van der Waals surface area contributed by atoms with E-state index in [4.69, 9.17) is 29.2 Å². The highest BCUT2D eigenvalue weighted by Gasteiger charge is 2.42. The van der Waals surface area contributed by atoms with E-state index < -0.39 is 30.4 Å². The molecule has 0 bridgehead atoms. The summed E-state index contributed by atoms with van der Waals surface area (Å²) in [7, 11) is 2.60. The largest absolute Gasteiger partial charge is 0.470 e. The number of hydrogen-bond donors (Lipinski definition) is 3. The molecular weight excluding hydrogens is 827 g/mol. The van der Waals surface area contributed by atoms with Crippen LogP contribution in [0.5, 0.6) is 0 Å². The zero-order valence-corrected chi connectivity index (χ0v) is 38.0. The fourth-order valence-corrected chi connectivity index (χ4v) is 10.3. The quantitative estimate of drug-likeness (QED) is 0.139. The van der Waals surface area contributed by atoms with Gasteiger partial charge < -0.3 is 44.2 Å². The van der Waals surface area contributed by atoms with Gasteiger partial charge in [-0.15, -0.1) is 0 Å². The van der Waals surface area contributed by atoms with E-state index in [0.717, 1.165) is 89.2 Å². The second-order valence-electron chi connectivity index (χ2n) is 18.5. The first kappa shape index (κ1) is 43.8. The zero-order valence-electron chi connectivity index (χ0n) is 38.0. The first-order valence-electron chi connectivity index (χ1n) is 23.0. The Kier molecular flexibility index (Phi) is 12.3. The van der Waals surface area contributed by atoms with Crippen molar-refractivity contribution >= 4 is 52.4 Å². The second kappa shape index (κ2) is 18.2. The molecule has 1 aliphatic carbocycles. The number of carbonyl (C=O) groups excluding carboxylic acids is 4. The maximum absolute atomic E-state index is 13.8. The molecule has 9 rings (SSSR count). The molecule has 16 heteroatoms. The average Bonchev–Trinajstić information content (AvgIpc) is 4.18. The van der Waals surface area contributed by atoms with Crippen LogP contribution in [0.15, 0.2) is 76.5 Å². The second-order valence-corrected chi connectivity index (χ2v) is 18.5. The third-order valence-corrected chi connectivity index (χ3v) is 13.8. The van der Waals surface area contributed by atoms with E-state index in [-0.39, 0.29) is 47.9 Å². The highest BCUT2D eigenvalue weighted by molar-refractivity contribution is 6.33. The topological polar surface area (TPSA) is 185 Å². The van der Waals surface area contributed by atoms with Gasteiger partial charge in [0.1, 0.15) is 23.7 Å². The van der Waals surface area contributed by atoms with Gasteiger partial charge in [0.2, 0.25) is 18.0 Å². The first-order chi connectivity index (χ1) is 31.4. The summed E-state index contributed by atoms with van der Waals surface area (Å²) in [5.41, 5.74) is 7.21. The Morgan fingerprint density at radius 2 is 1.54 bits per heavy atom. The van der Waals surface area contributed by atoms with Gasteiger partial charge in [-0.1, -0.05) is 64.1 Å². The number of aromatic amines is 1. The minimum absolute atomic E-state index is 0.109. The molecule has 2 aromatic carbocycles. The van der Waals surface area contributed by atoms with Crippen LogP contribution in [0.4, 0.5) is 9.59 Å². The predicted molar refractivity (Wildman–Crippen MR) is 246 cm³/mol. The number of rotatable bonds is 11. The molecule has 4 amide bonds. The van der Waals surface area contributed by atoms with Crippen LogP contribution in [-0.4, -0.2) is 112 Å². The van der Waals surface area contributed by atoms with Crippen LogP contribution < -0.4 is 10.6 Å². The number of nitrogens with one attached hydrogen (secondary N) is 3. The van der Waals surface area contributed by atoms with Gasteiger partial charge in [-0.3, -0.25) is 19.6 Å². The highest BCUT2D eigenvalue weighted by Crippen LogP contribution is 2.47. The van der Waals surface area contributed by atoms with E-state index in [2.05, 4.69) is 56.6 Å². The van der Waals surface area contributed by atoms with E-state index in [1.165, 1.54) is 19.8 Å². The molecule has 342 valence electrons. The minimum Gasteiger partial charge on any atom is -0.470 e. The molecule has 4 aliphatic heterocycles. The van der Waals surface area contributed by atoms with Crippen LogP contribution in [0.2, 0.25) is 0 Å². The Bertz CT molecular complexity index is 2560. The number of alkyl carbamates (subject to hydrolysis) is 2. The summed E-state index contributed by atoms with van der Waals surface area (Å²) in [6.45, 7) is 8.83. The summed E-state index contributed by atoms with van der Waals surface area (Å²) in [5.74, 6) is 1.28. The smallest absolute Gasteiger partial charge is 0.407 e. The minimum atomic E-state index is -0.706. The SMILES string of the molecule is COC(=O)NC(C(=O)N1CCCC1c1ncc(-c2ccc3c(c2)cc2n3C(c3ccccc3)OC3=C2CCC(C2=NC(C4CCCN4C(=O)C(NC(=O)OC)C(C)C)N=C2)C3)[nH]1)C(C)C. The van der Waals surface area contributed by atoms with Crippen molar-refractivity contribution in [1.29, 1.82) is 0 Å². The van der Waals surface area contributed by atoms with Crippen molar-refractivity contribution in [2.45, 2.75) is 109 Å². The molecule has 7 unspecified atom stereocenters. The molecule has 5 aliphatic rings. The maximum atomic E-state index is 13.8. The summed E-state index contributed by atoms with van der Waals surface area (Å²) in [5, 5.41) is 6.53. The number of likely N-dealkylation sites (tertiary alicyclic amines) is 2.